The van der Waals surface area contributed by atoms with Crippen LogP contribution in [0.1, 0.15) is 42.7 Å². The first-order valence-electron chi connectivity index (χ1n) is 7.81. The summed E-state index contributed by atoms with van der Waals surface area (Å²) in [4.78, 5) is 12.5. The Labute approximate surface area is 151 Å². The van der Waals surface area contributed by atoms with Gasteiger partial charge >= 0.3 is 0 Å². The van der Waals surface area contributed by atoms with Crippen molar-refractivity contribution in [3.63, 3.8) is 0 Å². The van der Waals surface area contributed by atoms with E-state index in [0.717, 1.165) is 10.0 Å². The Morgan fingerprint density at radius 1 is 1.04 bits per heavy atom. The number of halogens is 1. The predicted molar refractivity (Wildman–Crippen MR) is 98.8 cm³/mol. The van der Waals surface area contributed by atoms with Crippen molar-refractivity contribution in [3.8, 4) is 11.5 Å². The van der Waals surface area contributed by atoms with Crippen LogP contribution in [0.15, 0.2) is 46.9 Å². The van der Waals surface area contributed by atoms with E-state index in [0.29, 0.717) is 17.1 Å². The second kappa shape index (κ2) is 8.20. The molecule has 0 spiro atoms. The van der Waals surface area contributed by atoms with Crippen LogP contribution in [0, 0.1) is 0 Å². The monoisotopic (exact) mass is 391 g/mol. The van der Waals surface area contributed by atoms with Crippen LogP contribution in [-0.4, -0.2) is 19.1 Å². The molecule has 0 aliphatic rings. The van der Waals surface area contributed by atoms with Crippen molar-refractivity contribution < 1.29 is 14.3 Å². The zero-order valence-corrected chi connectivity index (χ0v) is 15.9. The maximum absolute atomic E-state index is 12.5. The number of amides is 1. The lowest BCUT2D eigenvalue weighted by atomic mass is 10.1. The maximum Gasteiger partial charge on any atom is 0.251 e. The van der Waals surface area contributed by atoms with Gasteiger partial charge in [0.05, 0.1) is 19.3 Å². The van der Waals surface area contributed by atoms with E-state index >= 15 is 0 Å². The van der Waals surface area contributed by atoms with Gasteiger partial charge in [0, 0.05) is 10.0 Å². The lowest BCUT2D eigenvalue weighted by Gasteiger charge is -2.17. The van der Waals surface area contributed by atoms with E-state index in [1.54, 1.807) is 25.3 Å². The van der Waals surface area contributed by atoms with E-state index < -0.39 is 0 Å². The van der Waals surface area contributed by atoms with Crippen molar-refractivity contribution in [1.82, 2.24) is 5.32 Å². The number of benzene rings is 2. The summed E-state index contributed by atoms with van der Waals surface area (Å²) in [5, 5.41) is 2.99. The Hall–Kier alpha value is -2.01. The standard InChI is InChI=1S/C19H22BrNO3/c1-12(2)24-17-10-7-15(11-18(17)23-4)19(22)21-13(3)14-5-8-16(20)9-6-14/h5-13H,1-4H3,(H,21,22). The molecule has 1 unspecified atom stereocenters. The van der Waals surface area contributed by atoms with E-state index in [2.05, 4.69) is 21.2 Å². The highest BCUT2D eigenvalue weighted by Gasteiger charge is 2.15. The van der Waals surface area contributed by atoms with Crippen molar-refractivity contribution in [2.24, 2.45) is 0 Å². The highest BCUT2D eigenvalue weighted by Crippen LogP contribution is 2.29. The van der Waals surface area contributed by atoms with Crippen molar-refractivity contribution in [2.75, 3.05) is 7.11 Å². The minimum atomic E-state index is -0.153. The van der Waals surface area contributed by atoms with Crippen molar-refractivity contribution in [3.05, 3.63) is 58.1 Å². The Bertz CT molecular complexity index is 698. The van der Waals surface area contributed by atoms with Gasteiger partial charge in [0.25, 0.3) is 5.91 Å². The molecule has 1 amide bonds. The number of hydrogen-bond acceptors (Lipinski definition) is 3. The normalized spacial score (nSPS) is 11.9. The first-order valence-corrected chi connectivity index (χ1v) is 8.61. The second-order valence-corrected chi connectivity index (χ2v) is 6.69. The molecule has 0 aliphatic heterocycles. The zero-order chi connectivity index (χ0) is 17.7. The highest BCUT2D eigenvalue weighted by molar-refractivity contribution is 9.10. The fourth-order valence-electron chi connectivity index (χ4n) is 2.27. The van der Waals surface area contributed by atoms with Gasteiger partial charge in [-0.1, -0.05) is 28.1 Å². The minimum Gasteiger partial charge on any atom is -0.493 e. The van der Waals surface area contributed by atoms with Gasteiger partial charge in [-0.05, 0) is 56.7 Å². The molecule has 0 saturated carbocycles. The summed E-state index contributed by atoms with van der Waals surface area (Å²) >= 11 is 3.41. The van der Waals surface area contributed by atoms with Crippen LogP contribution in [-0.2, 0) is 0 Å². The molecule has 1 N–H and O–H groups in total. The molecule has 0 bridgehead atoms. The van der Waals surface area contributed by atoms with Gasteiger partial charge in [-0.2, -0.15) is 0 Å². The average Bonchev–Trinajstić information content (AvgIpc) is 2.55. The van der Waals surface area contributed by atoms with E-state index in [1.165, 1.54) is 0 Å². The van der Waals surface area contributed by atoms with Gasteiger partial charge in [0.15, 0.2) is 11.5 Å². The molecule has 4 nitrogen and oxygen atoms in total. The van der Waals surface area contributed by atoms with Gasteiger partial charge < -0.3 is 14.8 Å². The average molecular weight is 392 g/mol. The van der Waals surface area contributed by atoms with Gasteiger partial charge in [-0.3, -0.25) is 4.79 Å². The van der Waals surface area contributed by atoms with Crippen LogP contribution in [0.2, 0.25) is 0 Å². The summed E-state index contributed by atoms with van der Waals surface area (Å²) in [6.45, 7) is 5.84. The number of ether oxygens (including phenoxy) is 2. The fraction of sp³-hybridized carbons (Fsp3) is 0.316. The van der Waals surface area contributed by atoms with Crippen LogP contribution in [0.3, 0.4) is 0 Å². The van der Waals surface area contributed by atoms with E-state index in [-0.39, 0.29) is 18.1 Å². The predicted octanol–water partition coefficient (Wildman–Crippen LogP) is 4.74. The van der Waals surface area contributed by atoms with Crippen molar-refractivity contribution >= 4 is 21.8 Å². The highest BCUT2D eigenvalue weighted by atomic mass is 79.9. The molecule has 0 radical (unpaired) electrons. The quantitative estimate of drug-likeness (QED) is 0.773. The molecule has 24 heavy (non-hydrogen) atoms. The lowest BCUT2D eigenvalue weighted by molar-refractivity contribution is 0.0939. The Kier molecular flexibility index (Phi) is 6.26. The Morgan fingerprint density at radius 3 is 2.29 bits per heavy atom. The molecule has 0 aliphatic carbocycles. The molecule has 5 heteroatoms. The van der Waals surface area contributed by atoms with Crippen LogP contribution in [0.25, 0.3) is 0 Å². The number of rotatable bonds is 6. The molecular formula is C19H22BrNO3. The molecule has 1 atom stereocenters. The van der Waals surface area contributed by atoms with Crippen LogP contribution >= 0.6 is 15.9 Å². The summed E-state index contributed by atoms with van der Waals surface area (Å²) in [5.74, 6) is 1.03. The van der Waals surface area contributed by atoms with Gasteiger partial charge in [-0.25, -0.2) is 0 Å². The zero-order valence-electron chi connectivity index (χ0n) is 14.3. The van der Waals surface area contributed by atoms with Crippen molar-refractivity contribution in [1.29, 1.82) is 0 Å². The van der Waals surface area contributed by atoms with E-state index in [4.69, 9.17) is 9.47 Å². The molecule has 128 valence electrons. The molecular weight excluding hydrogens is 370 g/mol. The molecule has 0 saturated heterocycles. The minimum absolute atomic E-state index is 0.0380. The smallest absolute Gasteiger partial charge is 0.251 e. The number of nitrogens with one attached hydrogen (secondary N) is 1. The largest absolute Gasteiger partial charge is 0.493 e. The van der Waals surface area contributed by atoms with Crippen LogP contribution in [0.4, 0.5) is 0 Å². The Balaban J connectivity index is 2.12. The lowest BCUT2D eigenvalue weighted by Crippen LogP contribution is -2.26. The van der Waals surface area contributed by atoms with Gasteiger partial charge in [0.1, 0.15) is 0 Å². The molecule has 2 aromatic rings. The van der Waals surface area contributed by atoms with E-state index in [1.807, 2.05) is 45.0 Å². The van der Waals surface area contributed by atoms with Crippen molar-refractivity contribution in [2.45, 2.75) is 32.9 Å². The number of methoxy groups -OCH3 is 1. The van der Waals surface area contributed by atoms with Crippen LogP contribution in [0.5, 0.6) is 11.5 Å². The third kappa shape index (κ3) is 4.74. The first-order chi connectivity index (χ1) is 11.4. The third-order valence-corrected chi connectivity index (χ3v) is 4.03. The van der Waals surface area contributed by atoms with Gasteiger partial charge in [-0.15, -0.1) is 0 Å². The molecule has 0 aromatic heterocycles. The van der Waals surface area contributed by atoms with Crippen LogP contribution < -0.4 is 14.8 Å². The summed E-state index contributed by atoms with van der Waals surface area (Å²) < 4.78 is 12.0. The molecule has 0 heterocycles. The molecule has 2 aromatic carbocycles. The maximum atomic E-state index is 12.5. The SMILES string of the molecule is COc1cc(C(=O)NC(C)c2ccc(Br)cc2)ccc1OC(C)C. The fourth-order valence-corrected chi connectivity index (χ4v) is 2.54. The summed E-state index contributed by atoms with van der Waals surface area (Å²) in [6, 6.07) is 13.0. The first kappa shape index (κ1) is 18.3. The summed E-state index contributed by atoms with van der Waals surface area (Å²) in [5.41, 5.74) is 1.57. The number of carbonyl (C=O) groups excluding carboxylic acids is 1. The topological polar surface area (TPSA) is 47.6 Å². The third-order valence-electron chi connectivity index (χ3n) is 3.51. The molecule has 0 fully saturated rings. The second-order valence-electron chi connectivity index (χ2n) is 5.78. The summed E-state index contributed by atoms with van der Waals surface area (Å²) in [7, 11) is 1.56. The van der Waals surface area contributed by atoms with E-state index in [9.17, 15) is 4.79 Å². The Morgan fingerprint density at radius 2 is 1.71 bits per heavy atom. The molecule has 2 rings (SSSR count). The summed E-state index contributed by atoms with van der Waals surface area (Å²) in [6.07, 6.45) is 0.0380. The van der Waals surface area contributed by atoms with Gasteiger partial charge in [0.2, 0.25) is 0 Å². The number of carbonyl (C=O) groups is 1. The number of hydrogen-bond donors (Lipinski definition) is 1.